The number of nitrogens with one attached hydrogen (secondary N) is 1. The topological polar surface area (TPSA) is 58.3 Å². The van der Waals surface area contributed by atoms with Crippen LogP contribution >= 0.6 is 0 Å². The van der Waals surface area contributed by atoms with Gasteiger partial charge in [-0.25, -0.2) is 4.98 Å². The molecule has 0 radical (unpaired) electrons. The molecule has 0 spiro atoms. The number of fused-ring (bicyclic) bond motifs is 1. The lowest BCUT2D eigenvalue weighted by atomic mass is 10.1. The fourth-order valence-corrected chi connectivity index (χ4v) is 2.67. The number of hydrogen-bond acceptors (Lipinski definition) is 4. The van der Waals surface area contributed by atoms with Gasteiger partial charge < -0.3 is 14.8 Å². The minimum absolute atomic E-state index is 0.273. The van der Waals surface area contributed by atoms with Gasteiger partial charge in [-0.2, -0.15) is 0 Å². The second-order valence-corrected chi connectivity index (χ2v) is 5.07. The Bertz CT molecular complexity index is 585. The summed E-state index contributed by atoms with van der Waals surface area (Å²) in [7, 11) is 0. The minimum atomic E-state index is 0.273. The smallest absolute Gasteiger partial charge is 0.208 e. The van der Waals surface area contributed by atoms with E-state index in [0.29, 0.717) is 12.3 Å². The second kappa shape index (κ2) is 4.70. The van der Waals surface area contributed by atoms with Crippen LogP contribution in [0.2, 0.25) is 0 Å². The van der Waals surface area contributed by atoms with E-state index < -0.39 is 0 Å². The molecule has 3 rings (SSSR count). The first-order chi connectivity index (χ1) is 9.15. The molecular formula is C15H18N2O2. The predicted octanol–water partition coefficient (Wildman–Crippen LogP) is 2.77. The molecule has 2 aromatic rings. The van der Waals surface area contributed by atoms with Crippen molar-refractivity contribution >= 4 is 0 Å². The Morgan fingerprint density at radius 3 is 3.00 bits per heavy atom. The third kappa shape index (κ3) is 2.24. The number of aromatic nitrogens is 1. The van der Waals surface area contributed by atoms with Crippen molar-refractivity contribution in [2.24, 2.45) is 0 Å². The van der Waals surface area contributed by atoms with Crippen LogP contribution in [0, 0.1) is 13.8 Å². The Kier molecular flexibility index (Phi) is 3.03. The summed E-state index contributed by atoms with van der Waals surface area (Å²) in [5, 5.41) is 13.3. The SMILES string of the molecule is Cc1nc(CNC2CCc3c(O)cccc32)oc1C. The molecule has 4 heteroatoms. The Labute approximate surface area is 112 Å². The quantitative estimate of drug-likeness (QED) is 0.888. The van der Waals surface area contributed by atoms with Crippen molar-refractivity contribution in [3.05, 3.63) is 46.7 Å². The molecule has 100 valence electrons. The lowest BCUT2D eigenvalue weighted by molar-refractivity contribution is 0.423. The van der Waals surface area contributed by atoms with Gasteiger partial charge in [-0.1, -0.05) is 12.1 Å². The number of phenols is 1. The van der Waals surface area contributed by atoms with Gasteiger partial charge >= 0.3 is 0 Å². The third-order valence-electron chi connectivity index (χ3n) is 3.82. The minimum Gasteiger partial charge on any atom is -0.508 e. The number of rotatable bonds is 3. The molecule has 1 unspecified atom stereocenters. The fourth-order valence-electron chi connectivity index (χ4n) is 2.67. The van der Waals surface area contributed by atoms with Crippen molar-refractivity contribution in [1.82, 2.24) is 10.3 Å². The summed E-state index contributed by atoms with van der Waals surface area (Å²) in [6.07, 6.45) is 1.93. The summed E-state index contributed by atoms with van der Waals surface area (Å²) in [4.78, 5) is 4.37. The van der Waals surface area contributed by atoms with E-state index in [0.717, 1.165) is 35.7 Å². The molecule has 1 atom stereocenters. The van der Waals surface area contributed by atoms with Gasteiger partial charge in [0.05, 0.1) is 12.2 Å². The van der Waals surface area contributed by atoms with Crippen molar-refractivity contribution in [2.45, 2.75) is 39.3 Å². The molecule has 4 nitrogen and oxygen atoms in total. The molecule has 0 aliphatic heterocycles. The van der Waals surface area contributed by atoms with Crippen LogP contribution in [0.3, 0.4) is 0 Å². The van der Waals surface area contributed by atoms with E-state index in [2.05, 4.69) is 16.4 Å². The van der Waals surface area contributed by atoms with Gasteiger partial charge in [-0.3, -0.25) is 0 Å². The largest absolute Gasteiger partial charge is 0.508 e. The number of phenolic OH excluding ortho intramolecular Hbond substituents is 1. The summed E-state index contributed by atoms with van der Waals surface area (Å²) in [5.74, 6) is 2.01. The summed E-state index contributed by atoms with van der Waals surface area (Å²) >= 11 is 0. The number of aryl methyl sites for hydroxylation is 2. The molecule has 1 aliphatic carbocycles. The molecule has 1 aromatic heterocycles. The van der Waals surface area contributed by atoms with Gasteiger partial charge in [0.25, 0.3) is 0 Å². The van der Waals surface area contributed by atoms with Crippen LogP contribution < -0.4 is 5.32 Å². The van der Waals surface area contributed by atoms with Crippen molar-refractivity contribution in [1.29, 1.82) is 0 Å². The van der Waals surface area contributed by atoms with Crippen LogP contribution in [0.25, 0.3) is 0 Å². The maximum atomic E-state index is 9.82. The first-order valence-electron chi connectivity index (χ1n) is 6.62. The second-order valence-electron chi connectivity index (χ2n) is 5.07. The van der Waals surface area contributed by atoms with E-state index in [1.54, 1.807) is 6.07 Å². The van der Waals surface area contributed by atoms with Crippen molar-refractivity contribution in [3.8, 4) is 5.75 Å². The molecule has 0 saturated heterocycles. The highest BCUT2D eigenvalue weighted by Crippen LogP contribution is 2.36. The fraction of sp³-hybridized carbons (Fsp3) is 0.400. The monoisotopic (exact) mass is 258 g/mol. The predicted molar refractivity (Wildman–Crippen MR) is 72.0 cm³/mol. The lowest BCUT2D eigenvalue weighted by Gasteiger charge is -2.12. The maximum Gasteiger partial charge on any atom is 0.208 e. The summed E-state index contributed by atoms with van der Waals surface area (Å²) in [6, 6.07) is 6.00. The molecule has 1 aromatic carbocycles. The van der Waals surface area contributed by atoms with Crippen LogP contribution in [-0.4, -0.2) is 10.1 Å². The highest BCUT2D eigenvalue weighted by atomic mass is 16.4. The molecule has 0 amide bonds. The first-order valence-corrected chi connectivity index (χ1v) is 6.62. The Morgan fingerprint density at radius 1 is 1.42 bits per heavy atom. The van der Waals surface area contributed by atoms with Crippen molar-refractivity contribution in [3.63, 3.8) is 0 Å². The van der Waals surface area contributed by atoms with Crippen LogP contribution in [0.15, 0.2) is 22.6 Å². The number of benzene rings is 1. The molecular weight excluding hydrogens is 240 g/mol. The number of hydrogen-bond donors (Lipinski definition) is 2. The van der Waals surface area contributed by atoms with E-state index in [4.69, 9.17) is 4.42 Å². The van der Waals surface area contributed by atoms with Gasteiger partial charge in [0, 0.05) is 6.04 Å². The van der Waals surface area contributed by atoms with E-state index in [1.807, 2.05) is 19.9 Å². The number of oxazole rings is 1. The maximum absolute atomic E-state index is 9.82. The van der Waals surface area contributed by atoms with E-state index in [9.17, 15) is 5.11 Å². The zero-order valence-electron chi connectivity index (χ0n) is 11.2. The van der Waals surface area contributed by atoms with E-state index in [-0.39, 0.29) is 6.04 Å². The molecule has 2 N–H and O–H groups in total. The van der Waals surface area contributed by atoms with Gasteiger partial charge in [0.1, 0.15) is 11.5 Å². The van der Waals surface area contributed by atoms with Crippen LogP contribution in [0.4, 0.5) is 0 Å². The van der Waals surface area contributed by atoms with Gasteiger partial charge in [-0.05, 0) is 43.9 Å². The van der Waals surface area contributed by atoms with Gasteiger partial charge in [-0.15, -0.1) is 0 Å². The Morgan fingerprint density at radius 2 is 2.26 bits per heavy atom. The zero-order chi connectivity index (χ0) is 13.4. The standard InChI is InChI=1S/C15H18N2O2/c1-9-10(2)19-15(17-9)8-16-13-7-6-12-11(13)4-3-5-14(12)18/h3-5,13,16,18H,6-8H2,1-2H3. The summed E-state index contributed by atoms with van der Waals surface area (Å²) < 4.78 is 5.56. The van der Waals surface area contributed by atoms with E-state index >= 15 is 0 Å². The molecule has 1 heterocycles. The number of nitrogens with zero attached hydrogens (tertiary/aromatic N) is 1. The van der Waals surface area contributed by atoms with Crippen LogP contribution in [0.5, 0.6) is 5.75 Å². The van der Waals surface area contributed by atoms with Crippen LogP contribution in [0.1, 0.15) is 40.9 Å². The first kappa shape index (κ1) is 12.2. The van der Waals surface area contributed by atoms with Gasteiger partial charge in [0.15, 0.2) is 0 Å². The average Bonchev–Trinajstić information content (AvgIpc) is 2.93. The highest BCUT2D eigenvalue weighted by Gasteiger charge is 2.24. The zero-order valence-corrected chi connectivity index (χ0v) is 11.2. The third-order valence-corrected chi connectivity index (χ3v) is 3.82. The van der Waals surface area contributed by atoms with Gasteiger partial charge in [0.2, 0.25) is 5.89 Å². The average molecular weight is 258 g/mol. The molecule has 19 heavy (non-hydrogen) atoms. The normalized spacial score (nSPS) is 17.7. The Hall–Kier alpha value is -1.81. The van der Waals surface area contributed by atoms with Crippen molar-refractivity contribution < 1.29 is 9.52 Å². The molecule has 1 aliphatic rings. The summed E-state index contributed by atoms with van der Waals surface area (Å²) in [5.41, 5.74) is 3.21. The molecule has 0 saturated carbocycles. The van der Waals surface area contributed by atoms with Crippen molar-refractivity contribution in [2.75, 3.05) is 0 Å². The Balaban J connectivity index is 1.71. The van der Waals surface area contributed by atoms with Crippen LogP contribution in [-0.2, 0) is 13.0 Å². The number of aromatic hydroxyl groups is 1. The molecule has 0 bridgehead atoms. The van der Waals surface area contributed by atoms with E-state index in [1.165, 1.54) is 5.56 Å². The highest BCUT2D eigenvalue weighted by molar-refractivity contribution is 5.44. The molecule has 0 fully saturated rings. The lowest BCUT2D eigenvalue weighted by Crippen LogP contribution is -2.18. The summed E-state index contributed by atoms with van der Waals surface area (Å²) in [6.45, 7) is 4.49.